The summed E-state index contributed by atoms with van der Waals surface area (Å²) >= 11 is 0. The van der Waals surface area contributed by atoms with Crippen molar-refractivity contribution in [3.8, 4) is 0 Å². The first kappa shape index (κ1) is 9.97. The van der Waals surface area contributed by atoms with Gasteiger partial charge in [0.2, 0.25) is 0 Å². The summed E-state index contributed by atoms with van der Waals surface area (Å²) in [6.45, 7) is 6.45. The van der Waals surface area contributed by atoms with Crippen LogP contribution in [0.2, 0.25) is 0 Å². The molecule has 1 rings (SSSR count). The van der Waals surface area contributed by atoms with E-state index in [0.717, 1.165) is 12.8 Å². The van der Waals surface area contributed by atoms with E-state index < -0.39 is 6.17 Å². The molecule has 1 aliphatic carbocycles. The molecule has 0 aromatic heterocycles. The zero-order valence-electron chi connectivity index (χ0n) is 8.31. The molecule has 0 spiro atoms. The lowest BCUT2D eigenvalue weighted by atomic mass is 9.69. The average molecular weight is 173 g/mol. The Balaban J connectivity index is 2.64. The smallest absolute Gasteiger partial charge is 0.115 e. The Morgan fingerprint density at radius 1 is 1.25 bits per heavy atom. The molecule has 72 valence electrons. The van der Waals surface area contributed by atoms with Gasteiger partial charge in [-0.3, -0.25) is 0 Å². The molecule has 0 unspecified atom stereocenters. The number of halogens is 1. The van der Waals surface area contributed by atoms with Crippen LogP contribution in [-0.4, -0.2) is 12.2 Å². The van der Waals surface area contributed by atoms with Gasteiger partial charge in [-0.15, -0.1) is 0 Å². The Bertz CT molecular complexity index is 150. The Morgan fingerprint density at radius 2 is 1.83 bits per heavy atom. The summed E-state index contributed by atoms with van der Waals surface area (Å²) in [6, 6.07) is -0.237. The maximum Gasteiger partial charge on any atom is 0.115 e. The molecule has 2 N–H and O–H groups in total. The van der Waals surface area contributed by atoms with Crippen molar-refractivity contribution < 1.29 is 4.39 Å². The van der Waals surface area contributed by atoms with Gasteiger partial charge in [0.05, 0.1) is 0 Å². The third-order valence-corrected chi connectivity index (χ3v) is 2.99. The van der Waals surface area contributed by atoms with E-state index in [1.54, 1.807) is 0 Å². The highest BCUT2D eigenvalue weighted by atomic mass is 19.1. The van der Waals surface area contributed by atoms with E-state index >= 15 is 0 Å². The molecule has 2 heteroatoms. The van der Waals surface area contributed by atoms with Gasteiger partial charge in [-0.1, -0.05) is 27.2 Å². The van der Waals surface area contributed by atoms with Crippen LogP contribution in [0.1, 0.15) is 40.0 Å². The summed E-state index contributed by atoms with van der Waals surface area (Å²) < 4.78 is 13.2. The SMILES string of the molecule is CC(C)(C)[C@@H]1CCC[C@@H](F)[C@H]1N. The first-order valence-electron chi connectivity index (χ1n) is 4.82. The van der Waals surface area contributed by atoms with Crippen LogP contribution in [0.15, 0.2) is 0 Å². The van der Waals surface area contributed by atoms with Crippen molar-refractivity contribution in [1.82, 2.24) is 0 Å². The van der Waals surface area contributed by atoms with E-state index in [0.29, 0.717) is 12.3 Å². The fraction of sp³-hybridized carbons (Fsp3) is 1.00. The Kier molecular flexibility index (Phi) is 2.77. The maximum absolute atomic E-state index is 13.2. The van der Waals surface area contributed by atoms with Crippen LogP contribution in [0.4, 0.5) is 4.39 Å². The van der Waals surface area contributed by atoms with Crippen molar-refractivity contribution in [2.24, 2.45) is 17.1 Å². The highest BCUT2D eigenvalue weighted by molar-refractivity contribution is 4.90. The second-order valence-corrected chi connectivity index (χ2v) is 5.00. The number of hydrogen-bond donors (Lipinski definition) is 1. The lowest BCUT2D eigenvalue weighted by molar-refractivity contribution is 0.0871. The van der Waals surface area contributed by atoms with Gasteiger partial charge >= 0.3 is 0 Å². The zero-order valence-corrected chi connectivity index (χ0v) is 8.31. The molecule has 0 aromatic rings. The molecule has 0 amide bonds. The van der Waals surface area contributed by atoms with Gasteiger partial charge in [0.25, 0.3) is 0 Å². The van der Waals surface area contributed by atoms with E-state index in [2.05, 4.69) is 20.8 Å². The fourth-order valence-electron chi connectivity index (χ4n) is 2.18. The molecule has 1 nitrogen and oxygen atoms in total. The highest BCUT2D eigenvalue weighted by Gasteiger charge is 2.37. The molecule has 0 aromatic carbocycles. The molecule has 0 bridgehead atoms. The molecule has 0 heterocycles. The normalized spacial score (nSPS) is 38.2. The van der Waals surface area contributed by atoms with Gasteiger partial charge in [-0.25, -0.2) is 4.39 Å². The molecule has 3 atom stereocenters. The third-order valence-electron chi connectivity index (χ3n) is 2.99. The third kappa shape index (κ3) is 1.98. The van der Waals surface area contributed by atoms with Crippen LogP contribution in [0.25, 0.3) is 0 Å². The van der Waals surface area contributed by atoms with E-state index in [4.69, 9.17) is 5.73 Å². The monoisotopic (exact) mass is 173 g/mol. The molecule has 1 fully saturated rings. The molecule has 1 aliphatic rings. The summed E-state index contributed by atoms with van der Waals surface area (Å²) in [5.74, 6) is 0.348. The minimum absolute atomic E-state index is 0.157. The molecule has 1 saturated carbocycles. The largest absolute Gasteiger partial charge is 0.325 e. The summed E-state index contributed by atoms with van der Waals surface area (Å²) in [6.07, 6.45) is 1.97. The average Bonchev–Trinajstić information content (AvgIpc) is 1.92. The van der Waals surface area contributed by atoms with Crippen LogP contribution >= 0.6 is 0 Å². The lowest BCUT2D eigenvalue weighted by Crippen LogP contribution is -2.47. The van der Waals surface area contributed by atoms with E-state index in [1.807, 2.05) is 0 Å². The van der Waals surface area contributed by atoms with E-state index in [-0.39, 0.29) is 11.5 Å². The predicted molar refractivity (Wildman–Crippen MR) is 49.7 cm³/mol. The van der Waals surface area contributed by atoms with Crippen molar-refractivity contribution in [1.29, 1.82) is 0 Å². The Labute approximate surface area is 74.5 Å². The molecule has 12 heavy (non-hydrogen) atoms. The number of rotatable bonds is 0. The van der Waals surface area contributed by atoms with Gasteiger partial charge in [0, 0.05) is 6.04 Å². The van der Waals surface area contributed by atoms with Crippen LogP contribution in [-0.2, 0) is 0 Å². The molecular weight excluding hydrogens is 153 g/mol. The summed E-state index contributed by atoms with van der Waals surface area (Å²) in [5, 5.41) is 0. The van der Waals surface area contributed by atoms with Crippen molar-refractivity contribution in [3.05, 3.63) is 0 Å². The first-order chi connectivity index (χ1) is 5.43. The predicted octanol–water partition coefficient (Wildman–Crippen LogP) is 2.50. The minimum atomic E-state index is -0.775. The number of hydrogen-bond acceptors (Lipinski definition) is 1. The maximum atomic E-state index is 13.2. The Hall–Kier alpha value is -0.110. The fourth-order valence-corrected chi connectivity index (χ4v) is 2.18. The van der Waals surface area contributed by atoms with Crippen molar-refractivity contribution in [3.63, 3.8) is 0 Å². The molecule has 0 saturated heterocycles. The van der Waals surface area contributed by atoms with E-state index in [1.165, 1.54) is 0 Å². The highest BCUT2D eigenvalue weighted by Crippen LogP contribution is 2.37. The molecular formula is C10H20FN. The molecule has 0 radical (unpaired) electrons. The van der Waals surface area contributed by atoms with Crippen LogP contribution in [0, 0.1) is 11.3 Å². The minimum Gasteiger partial charge on any atom is -0.325 e. The number of nitrogens with two attached hydrogens (primary N) is 1. The van der Waals surface area contributed by atoms with Gasteiger partial charge < -0.3 is 5.73 Å². The molecule has 0 aliphatic heterocycles. The first-order valence-corrected chi connectivity index (χ1v) is 4.82. The van der Waals surface area contributed by atoms with Crippen molar-refractivity contribution >= 4 is 0 Å². The van der Waals surface area contributed by atoms with Gasteiger partial charge in [0.15, 0.2) is 0 Å². The van der Waals surface area contributed by atoms with Gasteiger partial charge in [0.1, 0.15) is 6.17 Å². The van der Waals surface area contributed by atoms with Crippen LogP contribution < -0.4 is 5.73 Å². The lowest BCUT2D eigenvalue weighted by Gasteiger charge is -2.40. The summed E-state index contributed by atoms with van der Waals surface area (Å²) in [4.78, 5) is 0. The van der Waals surface area contributed by atoms with Crippen LogP contribution in [0.5, 0.6) is 0 Å². The standard InChI is InChI=1S/C10H20FN/c1-10(2,3)7-5-4-6-8(11)9(7)12/h7-9H,4-6,12H2,1-3H3/t7-,8-,9+/m1/s1. The Morgan fingerprint density at radius 3 is 2.25 bits per heavy atom. The summed E-state index contributed by atoms with van der Waals surface area (Å²) in [5.41, 5.74) is 5.99. The van der Waals surface area contributed by atoms with Crippen molar-refractivity contribution in [2.45, 2.75) is 52.2 Å². The quantitative estimate of drug-likeness (QED) is 0.598. The number of alkyl halides is 1. The summed E-state index contributed by atoms with van der Waals surface area (Å²) in [7, 11) is 0. The van der Waals surface area contributed by atoms with E-state index in [9.17, 15) is 4.39 Å². The van der Waals surface area contributed by atoms with Gasteiger partial charge in [-0.05, 0) is 24.2 Å². The second kappa shape index (κ2) is 3.33. The van der Waals surface area contributed by atoms with Gasteiger partial charge in [-0.2, -0.15) is 0 Å². The van der Waals surface area contributed by atoms with Crippen molar-refractivity contribution in [2.75, 3.05) is 0 Å². The second-order valence-electron chi connectivity index (χ2n) is 5.00. The zero-order chi connectivity index (χ0) is 9.35. The topological polar surface area (TPSA) is 26.0 Å². The van der Waals surface area contributed by atoms with Crippen LogP contribution in [0.3, 0.4) is 0 Å².